The van der Waals surface area contributed by atoms with E-state index in [-0.39, 0.29) is 0 Å². The molecule has 0 radical (unpaired) electrons. The molecular weight excluding hydrogens is 238 g/mol. The molecule has 1 N–H and O–H groups in total. The Morgan fingerprint density at radius 2 is 2.00 bits per heavy atom. The zero-order valence-corrected chi connectivity index (χ0v) is 11.2. The van der Waals surface area contributed by atoms with Gasteiger partial charge in [-0.1, -0.05) is 18.2 Å². The standard InChI is InChI=1S/C16H19NO2/c1-19-16-6-7-17(11-16)10-12-2-3-14-9-15(18)5-4-13(14)8-12/h2-5,8-9,16,18H,6-7,10-11H2,1H3/t16-/m0/s1. The van der Waals surface area contributed by atoms with Crippen molar-refractivity contribution in [1.29, 1.82) is 0 Å². The summed E-state index contributed by atoms with van der Waals surface area (Å²) >= 11 is 0. The Balaban J connectivity index is 1.77. The van der Waals surface area contributed by atoms with Gasteiger partial charge in [-0.15, -0.1) is 0 Å². The van der Waals surface area contributed by atoms with E-state index in [1.54, 1.807) is 19.2 Å². The summed E-state index contributed by atoms with van der Waals surface area (Å²) in [5.74, 6) is 0.322. The topological polar surface area (TPSA) is 32.7 Å². The van der Waals surface area contributed by atoms with E-state index in [0.29, 0.717) is 11.9 Å². The summed E-state index contributed by atoms with van der Waals surface area (Å²) in [6.45, 7) is 3.09. The summed E-state index contributed by atoms with van der Waals surface area (Å²) in [7, 11) is 1.79. The first-order valence-corrected chi connectivity index (χ1v) is 6.71. The van der Waals surface area contributed by atoms with Crippen LogP contribution < -0.4 is 0 Å². The molecule has 1 heterocycles. The molecule has 100 valence electrons. The van der Waals surface area contributed by atoms with E-state index in [0.717, 1.165) is 31.4 Å². The number of hydrogen-bond donors (Lipinski definition) is 1. The Morgan fingerprint density at radius 3 is 2.79 bits per heavy atom. The second kappa shape index (κ2) is 5.19. The molecule has 0 aromatic heterocycles. The van der Waals surface area contributed by atoms with E-state index < -0.39 is 0 Å². The van der Waals surface area contributed by atoms with Gasteiger partial charge in [-0.3, -0.25) is 4.90 Å². The highest BCUT2D eigenvalue weighted by Gasteiger charge is 2.21. The van der Waals surface area contributed by atoms with Gasteiger partial charge in [0.1, 0.15) is 5.75 Å². The van der Waals surface area contributed by atoms with Crippen molar-refractivity contribution >= 4 is 10.8 Å². The van der Waals surface area contributed by atoms with Crippen LogP contribution in [0.2, 0.25) is 0 Å². The Labute approximate surface area is 113 Å². The van der Waals surface area contributed by atoms with Crippen LogP contribution in [-0.4, -0.2) is 36.3 Å². The number of likely N-dealkylation sites (tertiary alicyclic amines) is 1. The fourth-order valence-corrected chi connectivity index (χ4v) is 2.77. The Kier molecular flexibility index (Phi) is 3.40. The van der Waals surface area contributed by atoms with E-state index in [2.05, 4.69) is 23.1 Å². The van der Waals surface area contributed by atoms with Crippen molar-refractivity contribution < 1.29 is 9.84 Å². The largest absolute Gasteiger partial charge is 0.508 e. The van der Waals surface area contributed by atoms with Crippen LogP contribution in [0.1, 0.15) is 12.0 Å². The van der Waals surface area contributed by atoms with Gasteiger partial charge >= 0.3 is 0 Å². The number of aromatic hydroxyl groups is 1. The van der Waals surface area contributed by atoms with E-state index in [4.69, 9.17) is 4.74 Å². The number of methoxy groups -OCH3 is 1. The van der Waals surface area contributed by atoms with Gasteiger partial charge in [0.2, 0.25) is 0 Å². The minimum atomic E-state index is 0.322. The van der Waals surface area contributed by atoms with Gasteiger partial charge in [0.25, 0.3) is 0 Å². The van der Waals surface area contributed by atoms with Crippen molar-refractivity contribution in [3.8, 4) is 5.75 Å². The molecule has 1 aliphatic rings. The van der Waals surface area contributed by atoms with Gasteiger partial charge in [-0.25, -0.2) is 0 Å². The van der Waals surface area contributed by atoms with Crippen LogP contribution in [0.5, 0.6) is 5.75 Å². The average molecular weight is 257 g/mol. The minimum absolute atomic E-state index is 0.322. The Hall–Kier alpha value is -1.58. The lowest BCUT2D eigenvalue weighted by Crippen LogP contribution is -2.22. The van der Waals surface area contributed by atoms with Gasteiger partial charge in [0.15, 0.2) is 0 Å². The number of phenols is 1. The van der Waals surface area contributed by atoms with Crippen LogP contribution in [0, 0.1) is 0 Å². The fourth-order valence-electron chi connectivity index (χ4n) is 2.77. The maximum Gasteiger partial charge on any atom is 0.116 e. The number of phenolic OH excluding ortho intramolecular Hbond substituents is 1. The van der Waals surface area contributed by atoms with E-state index in [1.165, 1.54) is 10.9 Å². The molecular formula is C16H19NO2. The molecule has 3 nitrogen and oxygen atoms in total. The molecule has 0 unspecified atom stereocenters. The zero-order valence-electron chi connectivity index (χ0n) is 11.2. The van der Waals surface area contributed by atoms with Crippen LogP contribution >= 0.6 is 0 Å². The average Bonchev–Trinajstić information content (AvgIpc) is 2.86. The van der Waals surface area contributed by atoms with Crippen LogP contribution in [0.3, 0.4) is 0 Å². The van der Waals surface area contributed by atoms with Crippen LogP contribution in [0.25, 0.3) is 10.8 Å². The summed E-state index contributed by atoms with van der Waals surface area (Å²) in [6, 6.07) is 11.9. The zero-order chi connectivity index (χ0) is 13.2. The molecule has 0 spiro atoms. The van der Waals surface area contributed by atoms with Crippen molar-refractivity contribution in [3.63, 3.8) is 0 Å². The molecule has 0 amide bonds. The number of rotatable bonds is 3. The molecule has 1 fully saturated rings. The summed E-state index contributed by atoms with van der Waals surface area (Å²) in [5.41, 5.74) is 1.31. The first kappa shape index (κ1) is 12.5. The van der Waals surface area contributed by atoms with Crippen LogP contribution in [-0.2, 0) is 11.3 Å². The predicted molar refractivity (Wildman–Crippen MR) is 76.3 cm³/mol. The van der Waals surface area contributed by atoms with Crippen molar-refractivity contribution in [2.24, 2.45) is 0 Å². The first-order chi connectivity index (χ1) is 9.24. The van der Waals surface area contributed by atoms with Gasteiger partial charge in [-0.2, -0.15) is 0 Å². The second-order valence-corrected chi connectivity index (χ2v) is 5.25. The molecule has 1 saturated heterocycles. The molecule has 0 saturated carbocycles. The molecule has 1 atom stereocenters. The lowest BCUT2D eigenvalue weighted by Gasteiger charge is -2.16. The van der Waals surface area contributed by atoms with Crippen molar-refractivity contribution in [1.82, 2.24) is 4.90 Å². The third-order valence-electron chi connectivity index (χ3n) is 3.86. The molecule has 3 heteroatoms. The molecule has 0 bridgehead atoms. The second-order valence-electron chi connectivity index (χ2n) is 5.25. The van der Waals surface area contributed by atoms with Crippen molar-refractivity contribution in [2.45, 2.75) is 19.1 Å². The summed E-state index contributed by atoms with van der Waals surface area (Å²) < 4.78 is 5.39. The summed E-state index contributed by atoms with van der Waals surface area (Å²) in [5, 5.41) is 11.7. The SMILES string of the molecule is CO[C@H]1CCN(Cc2ccc3cc(O)ccc3c2)C1. The van der Waals surface area contributed by atoms with Crippen molar-refractivity contribution in [3.05, 3.63) is 42.0 Å². The van der Waals surface area contributed by atoms with E-state index in [1.807, 2.05) is 6.07 Å². The van der Waals surface area contributed by atoms with Crippen LogP contribution in [0.15, 0.2) is 36.4 Å². The number of nitrogens with zero attached hydrogens (tertiary/aromatic N) is 1. The first-order valence-electron chi connectivity index (χ1n) is 6.71. The fraction of sp³-hybridized carbons (Fsp3) is 0.375. The van der Waals surface area contributed by atoms with Gasteiger partial charge in [-0.05, 0) is 41.0 Å². The Morgan fingerprint density at radius 1 is 1.21 bits per heavy atom. The van der Waals surface area contributed by atoms with E-state index >= 15 is 0 Å². The lowest BCUT2D eigenvalue weighted by atomic mass is 10.1. The third-order valence-corrected chi connectivity index (χ3v) is 3.86. The minimum Gasteiger partial charge on any atom is -0.508 e. The monoisotopic (exact) mass is 257 g/mol. The number of fused-ring (bicyclic) bond motifs is 1. The van der Waals surface area contributed by atoms with Gasteiger partial charge < -0.3 is 9.84 Å². The van der Waals surface area contributed by atoms with Gasteiger partial charge in [0.05, 0.1) is 6.10 Å². The maximum absolute atomic E-state index is 9.46. The molecule has 2 aromatic rings. The number of ether oxygens (including phenoxy) is 1. The highest BCUT2D eigenvalue weighted by Crippen LogP contribution is 2.22. The maximum atomic E-state index is 9.46. The predicted octanol–water partition coefficient (Wildman–Crippen LogP) is 2.77. The van der Waals surface area contributed by atoms with Gasteiger partial charge in [0, 0.05) is 26.7 Å². The smallest absolute Gasteiger partial charge is 0.116 e. The molecule has 2 aromatic carbocycles. The third kappa shape index (κ3) is 2.72. The summed E-state index contributed by atoms with van der Waals surface area (Å²) in [6.07, 6.45) is 1.51. The Bertz CT molecular complexity index is 582. The quantitative estimate of drug-likeness (QED) is 0.917. The highest BCUT2D eigenvalue weighted by atomic mass is 16.5. The number of benzene rings is 2. The molecule has 0 aliphatic carbocycles. The highest BCUT2D eigenvalue weighted by molar-refractivity contribution is 5.84. The van der Waals surface area contributed by atoms with Crippen molar-refractivity contribution in [2.75, 3.05) is 20.2 Å². The lowest BCUT2D eigenvalue weighted by molar-refractivity contribution is 0.107. The van der Waals surface area contributed by atoms with Crippen LogP contribution in [0.4, 0.5) is 0 Å². The normalized spacial score (nSPS) is 20.2. The molecule has 3 rings (SSSR count). The van der Waals surface area contributed by atoms with E-state index in [9.17, 15) is 5.11 Å². The molecule has 1 aliphatic heterocycles. The number of hydrogen-bond acceptors (Lipinski definition) is 3. The summed E-state index contributed by atoms with van der Waals surface area (Å²) in [4.78, 5) is 2.43. The molecule has 19 heavy (non-hydrogen) atoms.